The van der Waals surface area contributed by atoms with E-state index in [0.717, 1.165) is 5.56 Å². The van der Waals surface area contributed by atoms with Gasteiger partial charge in [-0.15, -0.1) is 0 Å². The first-order valence-corrected chi connectivity index (χ1v) is 9.11. The lowest BCUT2D eigenvalue weighted by Gasteiger charge is -1.96. The van der Waals surface area contributed by atoms with Crippen LogP contribution in [0.25, 0.3) is 34.0 Å². The number of H-pyrrole nitrogens is 1. The highest BCUT2D eigenvalue weighted by Gasteiger charge is 2.14. The number of rotatable bonds is 3. The van der Waals surface area contributed by atoms with Crippen molar-refractivity contribution in [3.8, 4) is 23.0 Å². The summed E-state index contributed by atoms with van der Waals surface area (Å²) in [5.41, 5.74) is 2.74. The maximum Gasteiger partial charge on any atom is 0.226 e. The third kappa shape index (κ3) is 2.59. The summed E-state index contributed by atoms with van der Waals surface area (Å²) in [5.74, 6) is 1.03. The second-order valence-electron chi connectivity index (χ2n) is 5.44. The van der Waals surface area contributed by atoms with Gasteiger partial charge in [-0.3, -0.25) is 0 Å². The minimum absolute atomic E-state index is 0.246. The largest absolute Gasteiger partial charge is 0.444 e. The maximum absolute atomic E-state index is 11.7. The SMILES string of the molecule is CS(=O)(=O)c1ccc2nc(-c3coc(-c4ccccc4)n3)[nH]c2c1. The zero-order valence-corrected chi connectivity index (χ0v) is 13.5. The van der Waals surface area contributed by atoms with Crippen LogP contribution in [0.4, 0.5) is 0 Å². The Hall–Kier alpha value is -2.93. The van der Waals surface area contributed by atoms with Gasteiger partial charge in [-0.1, -0.05) is 18.2 Å². The van der Waals surface area contributed by atoms with Crippen molar-refractivity contribution in [1.29, 1.82) is 0 Å². The normalized spacial score (nSPS) is 11.9. The van der Waals surface area contributed by atoms with Gasteiger partial charge in [-0.25, -0.2) is 18.4 Å². The van der Waals surface area contributed by atoms with Gasteiger partial charge in [0.1, 0.15) is 12.0 Å². The molecule has 0 fully saturated rings. The van der Waals surface area contributed by atoms with Gasteiger partial charge in [-0.2, -0.15) is 0 Å². The lowest BCUT2D eigenvalue weighted by Crippen LogP contribution is -1.96. The quantitative estimate of drug-likeness (QED) is 0.619. The molecule has 4 aromatic rings. The van der Waals surface area contributed by atoms with Gasteiger partial charge >= 0.3 is 0 Å². The van der Waals surface area contributed by atoms with E-state index in [4.69, 9.17) is 4.42 Å². The van der Waals surface area contributed by atoms with Crippen LogP contribution >= 0.6 is 0 Å². The van der Waals surface area contributed by atoms with E-state index in [2.05, 4.69) is 15.0 Å². The topological polar surface area (TPSA) is 88.8 Å². The Kier molecular flexibility index (Phi) is 3.24. The van der Waals surface area contributed by atoms with E-state index in [1.807, 2.05) is 30.3 Å². The van der Waals surface area contributed by atoms with E-state index in [1.165, 1.54) is 12.5 Å². The van der Waals surface area contributed by atoms with Crippen molar-refractivity contribution in [3.05, 3.63) is 54.8 Å². The summed E-state index contributed by atoms with van der Waals surface area (Å²) in [6.45, 7) is 0. The van der Waals surface area contributed by atoms with Gasteiger partial charge in [0.2, 0.25) is 5.89 Å². The summed E-state index contributed by atoms with van der Waals surface area (Å²) in [6.07, 6.45) is 2.70. The first-order chi connectivity index (χ1) is 11.5. The second-order valence-corrected chi connectivity index (χ2v) is 7.46. The molecule has 7 heteroatoms. The summed E-state index contributed by atoms with van der Waals surface area (Å²) < 4.78 is 28.8. The molecule has 24 heavy (non-hydrogen) atoms. The molecule has 0 unspecified atom stereocenters. The molecule has 0 saturated carbocycles. The first kappa shape index (κ1) is 14.6. The number of oxazole rings is 1. The minimum Gasteiger partial charge on any atom is -0.444 e. The average molecular weight is 339 g/mol. The number of hydrogen-bond acceptors (Lipinski definition) is 5. The molecular weight excluding hydrogens is 326 g/mol. The summed E-state index contributed by atoms with van der Waals surface area (Å²) in [7, 11) is -3.26. The number of aromatic nitrogens is 3. The molecule has 0 aliphatic heterocycles. The monoisotopic (exact) mass is 339 g/mol. The van der Waals surface area contributed by atoms with Gasteiger partial charge in [0.25, 0.3) is 0 Å². The van der Waals surface area contributed by atoms with Crippen molar-refractivity contribution in [2.75, 3.05) is 6.26 Å². The van der Waals surface area contributed by atoms with Crippen LogP contribution in [0.1, 0.15) is 0 Å². The highest BCUT2D eigenvalue weighted by molar-refractivity contribution is 7.90. The molecule has 2 aromatic heterocycles. The maximum atomic E-state index is 11.7. The number of nitrogens with zero attached hydrogens (tertiary/aromatic N) is 2. The number of aromatic amines is 1. The molecule has 2 heterocycles. The van der Waals surface area contributed by atoms with Crippen molar-refractivity contribution in [3.63, 3.8) is 0 Å². The van der Waals surface area contributed by atoms with Crippen LogP contribution in [-0.2, 0) is 9.84 Å². The number of benzene rings is 2. The molecule has 4 rings (SSSR count). The Balaban J connectivity index is 1.76. The molecule has 0 radical (unpaired) electrons. The molecular formula is C17H13N3O3S. The van der Waals surface area contributed by atoms with Gasteiger partial charge < -0.3 is 9.40 Å². The predicted molar refractivity (Wildman–Crippen MR) is 90.1 cm³/mol. The highest BCUT2D eigenvalue weighted by atomic mass is 32.2. The number of nitrogens with one attached hydrogen (secondary N) is 1. The molecule has 1 N–H and O–H groups in total. The lowest BCUT2D eigenvalue weighted by molar-refractivity contribution is 0.575. The van der Waals surface area contributed by atoms with Crippen molar-refractivity contribution >= 4 is 20.9 Å². The molecule has 2 aromatic carbocycles. The van der Waals surface area contributed by atoms with Crippen LogP contribution in [-0.4, -0.2) is 29.6 Å². The minimum atomic E-state index is -3.26. The van der Waals surface area contributed by atoms with E-state index in [1.54, 1.807) is 18.2 Å². The van der Waals surface area contributed by atoms with E-state index >= 15 is 0 Å². The van der Waals surface area contributed by atoms with Crippen molar-refractivity contribution in [2.24, 2.45) is 0 Å². The van der Waals surface area contributed by atoms with Crippen LogP contribution in [0.15, 0.2) is 64.1 Å². The van der Waals surface area contributed by atoms with E-state index in [-0.39, 0.29) is 4.90 Å². The van der Waals surface area contributed by atoms with Crippen molar-refractivity contribution in [1.82, 2.24) is 15.0 Å². The molecule has 0 bridgehead atoms. The Bertz CT molecular complexity index is 1130. The van der Waals surface area contributed by atoms with Crippen LogP contribution in [0.5, 0.6) is 0 Å². The van der Waals surface area contributed by atoms with Gasteiger partial charge in [0.05, 0.1) is 15.9 Å². The van der Waals surface area contributed by atoms with Gasteiger partial charge in [-0.05, 0) is 30.3 Å². The van der Waals surface area contributed by atoms with Crippen LogP contribution in [0.2, 0.25) is 0 Å². The molecule has 0 spiro atoms. The van der Waals surface area contributed by atoms with Crippen LogP contribution in [0, 0.1) is 0 Å². The fraction of sp³-hybridized carbons (Fsp3) is 0.0588. The van der Waals surface area contributed by atoms with Gasteiger partial charge in [0, 0.05) is 11.8 Å². The number of hydrogen-bond donors (Lipinski definition) is 1. The number of sulfone groups is 1. The zero-order valence-electron chi connectivity index (χ0n) is 12.7. The predicted octanol–water partition coefficient (Wildman–Crippen LogP) is 3.29. The van der Waals surface area contributed by atoms with Crippen molar-refractivity contribution < 1.29 is 12.8 Å². The Morgan fingerprint density at radius 3 is 2.58 bits per heavy atom. The molecule has 0 atom stereocenters. The summed E-state index contributed by atoms with van der Waals surface area (Å²) in [6, 6.07) is 14.3. The van der Waals surface area contributed by atoms with E-state index < -0.39 is 9.84 Å². The Morgan fingerprint density at radius 1 is 1.04 bits per heavy atom. The summed E-state index contributed by atoms with van der Waals surface area (Å²) in [4.78, 5) is 12.2. The zero-order chi connectivity index (χ0) is 16.7. The van der Waals surface area contributed by atoms with Crippen molar-refractivity contribution in [2.45, 2.75) is 4.90 Å². The summed E-state index contributed by atoms with van der Waals surface area (Å²) in [5, 5.41) is 0. The Morgan fingerprint density at radius 2 is 1.83 bits per heavy atom. The van der Waals surface area contributed by atoms with E-state index in [0.29, 0.717) is 28.4 Å². The molecule has 0 saturated heterocycles. The van der Waals surface area contributed by atoms with Crippen LogP contribution in [0.3, 0.4) is 0 Å². The fourth-order valence-corrected chi connectivity index (χ4v) is 3.08. The molecule has 0 aliphatic rings. The smallest absolute Gasteiger partial charge is 0.226 e. The number of fused-ring (bicyclic) bond motifs is 1. The molecule has 0 amide bonds. The molecule has 120 valence electrons. The van der Waals surface area contributed by atoms with Crippen LogP contribution < -0.4 is 0 Å². The van der Waals surface area contributed by atoms with Gasteiger partial charge in [0.15, 0.2) is 15.7 Å². The average Bonchev–Trinajstić information content (AvgIpc) is 3.21. The highest BCUT2D eigenvalue weighted by Crippen LogP contribution is 2.25. The fourth-order valence-electron chi connectivity index (χ4n) is 2.44. The van der Waals surface area contributed by atoms with E-state index in [9.17, 15) is 8.42 Å². The molecule has 0 aliphatic carbocycles. The third-order valence-corrected chi connectivity index (χ3v) is 4.76. The standard InChI is InChI=1S/C17H13N3O3S/c1-24(21,22)12-7-8-13-14(9-12)19-16(18-13)15-10-23-17(20-15)11-5-3-2-4-6-11/h2-10H,1H3,(H,18,19). The molecule has 6 nitrogen and oxygen atoms in total. The number of imidazole rings is 1. The lowest BCUT2D eigenvalue weighted by atomic mass is 10.2. The third-order valence-electron chi connectivity index (χ3n) is 3.65. The first-order valence-electron chi connectivity index (χ1n) is 7.22. The second kappa shape index (κ2) is 5.31. The Labute approximate surface area is 138 Å². The summed E-state index contributed by atoms with van der Waals surface area (Å²) >= 11 is 0.